The summed E-state index contributed by atoms with van der Waals surface area (Å²) in [4.78, 5) is 0. The number of benzene rings is 1. The second kappa shape index (κ2) is 10.4. The molecule has 4 nitrogen and oxygen atoms in total. The van der Waals surface area contributed by atoms with Crippen LogP contribution in [-0.2, 0) is 4.74 Å². The van der Waals surface area contributed by atoms with Crippen molar-refractivity contribution in [2.24, 2.45) is 0 Å². The largest absolute Gasteiger partial charge is 0.491 e. The van der Waals surface area contributed by atoms with Gasteiger partial charge in [-0.25, -0.2) is 0 Å². The summed E-state index contributed by atoms with van der Waals surface area (Å²) < 4.78 is 11.0. The average molecular weight is 293 g/mol. The highest BCUT2D eigenvalue weighted by Gasteiger charge is 2.06. The van der Waals surface area contributed by atoms with Crippen LogP contribution < -0.4 is 10.1 Å². The van der Waals surface area contributed by atoms with Gasteiger partial charge in [0.15, 0.2) is 0 Å². The minimum atomic E-state index is -0.529. The van der Waals surface area contributed by atoms with Gasteiger partial charge in [-0.15, -0.1) is 6.58 Å². The molecule has 0 aliphatic heterocycles. The van der Waals surface area contributed by atoms with Gasteiger partial charge in [-0.05, 0) is 31.9 Å². The fraction of sp³-hybridized carbons (Fsp3) is 0.529. The summed E-state index contributed by atoms with van der Waals surface area (Å²) in [6, 6.07) is 6.02. The highest BCUT2D eigenvalue weighted by molar-refractivity contribution is 5.35. The van der Waals surface area contributed by atoms with Crippen molar-refractivity contribution in [1.29, 1.82) is 0 Å². The van der Waals surface area contributed by atoms with Crippen molar-refractivity contribution in [3.63, 3.8) is 0 Å². The third kappa shape index (κ3) is 7.85. The van der Waals surface area contributed by atoms with Crippen LogP contribution in [0, 0.1) is 13.8 Å². The van der Waals surface area contributed by atoms with E-state index >= 15 is 0 Å². The van der Waals surface area contributed by atoms with Gasteiger partial charge in [-0.1, -0.05) is 23.8 Å². The van der Waals surface area contributed by atoms with Crippen LogP contribution >= 0.6 is 0 Å². The van der Waals surface area contributed by atoms with Gasteiger partial charge in [-0.3, -0.25) is 0 Å². The second-order valence-corrected chi connectivity index (χ2v) is 5.13. The zero-order chi connectivity index (χ0) is 15.5. The molecule has 118 valence electrons. The Labute approximate surface area is 127 Å². The quantitative estimate of drug-likeness (QED) is 0.485. The first-order valence-electron chi connectivity index (χ1n) is 7.41. The summed E-state index contributed by atoms with van der Waals surface area (Å²) in [5, 5.41) is 13.0. The summed E-state index contributed by atoms with van der Waals surface area (Å²) in [5.41, 5.74) is 2.30. The van der Waals surface area contributed by atoms with Crippen LogP contribution in [0.2, 0.25) is 0 Å². The van der Waals surface area contributed by atoms with Crippen molar-refractivity contribution in [3.05, 3.63) is 42.0 Å². The fourth-order valence-corrected chi connectivity index (χ4v) is 1.89. The molecular weight excluding hydrogens is 266 g/mol. The first-order chi connectivity index (χ1) is 10.1. The Hall–Kier alpha value is -1.36. The molecule has 1 aromatic rings. The molecule has 21 heavy (non-hydrogen) atoms. The highest BCUT2D eigenvalue weighted by Crippen LogP contribution is 2.18. The van der Waals surface area contributed by atoms with Crippen molar-refractivity contribution >= 4 is 0 Å². The number of hydrogen-bond acceptors (Lipinski definition) is 4. The number of ether oxygens (including phenoxy) is 2. The minimum absolute atomic E-state index is 0.286. The molecular formula is C17H27NO3. The predicted molar refractivity (Wildman–Crippen MR) is 85.9 cm³/mol. The van der Waals surface area contributed by atoms with E-state index in [1.807, 2.05) is 32.1 Å². The standard InChI is InChI=1S/C17H27NO3/c1-4-5-9-20-10-8-18-12-16(19)13-21-17-7-6-14(2)11-15(17)3/h4,6-7,11,16,18-19H,1,5,8-10,12-13H2,2-3H3. The molecule has 0 bridgehead atoms. The third-order valence-corrected chi connectivity index (χ3v) is 3.03. The van der Waals surface area contributed by atoms with E-state index in [0.29, 0.717) is 19.8 Å². The first-order valence-corrected chi connectivity index (χ1v) is 7.41. The van der Waals surface area contributed by atoms with Gasteiger partial charge in [0.25, 0.3) is 0 Å². The molecule has 0 saturated heterocycles. The van der Waals surface area contributed by atoms with Crippen LogP contribution in [-0.4, -0.2) is 44.1 Å². The number of nitrogens with one attached hydrogen (secondary N) is 1. The topological polar surface area (TPSA) is 50.7 Å². The summed E-state index contributed by atoms with van der Waals surface area (Å²) in [6.07, 6.45) is 2.17. The molecule has 0 heterocycles. The van der Waals surface area contributed by atoms with Crippen molar-refractivity contribution < 1.29 is 14.6 Å². The van der Waals surface area contributed by atoms with E-state index < -0.39 is 6.10 Å². The van der Waals surface area contributed by atoms with Crippen molar-refractivity contribution in [2.75, 3.05) is 32.9 Å². The fourth-order valence-electron chi connectivity index (χ4n) is 1.89. The molecule has 0 aliphatic rings. The number of aliphatic hydroxyl groups is 1. The van der Waals surface area contributed by atoms with E-state index in [4.69, 9.17) is 9.47 Å². The Morgan fingerprint density at radius 3 is 2.86 bits per heavy atom. The maximum Gasteiger partial charge on any atom is 0.122 e. The molecule has 0 aromatic heterocycles. The van der Waals surface area contributed by atoms with Crippen molar-refractivity contribution in [1.82, 2.24) is 5.32 Å². The van der Waals surface area contributed by atoms with E-state index in [-0.39, 0.29) is 6.61 Å². The summed E-state index contributed by atoms with van der Waals surface area (Å²) >= 11 is 0. The van der Waals surface area contributed by atoms with Crippen LogP contribution in [0.1, 0.15) is 17.5 Å². The van der Waals surface area contributed by atoms with E-state index in [9.17, 15) is 5.11 Å². The number of aliphatic hydroxyl groups excluding tert-OH is 1. The van der Waals surface area contributed by atoms with Gasteiger partial charge in [-0.2, -0.15) is 0 Å². The summed E-state index contributed by atoms with van der Waals surface area (Å²) in [6.45, 7) is 10.5. The van der Waals surface area contributed by atoms with E-state index in [1.165, 1.54) is 5.56 Å². The van der Waals surface area contributed by atoms with Gasteiger partial charge >= 0.3 is 0 Å². The zero-order valence-corrected chi connectivity index (χ0v) is 13.1. The number of aryl methyl sites for hydroxylation is 2. The van der Waals surface area contributed by atoms with E-state index in [2.05, 4.69) is 18.0 Å². The molecule has 1 atom stereocenters. The van der Waals surface area contributed by atoms with Crippen LogP contribution in [0.3, 0.4) is 0 Å². The Balaban J connectivity index is 2.11. The average Bonchev–Trinajstić information content (AvgIpc) is 2.45. The minimum Gasteiger partial charge on any atom is -0.491 e. The highest BCUT2D eigenvalue weighted by atomic mass is 16.5. The number of rotatable bonds is 11. The molecule has 0 saturated carbocycles. The molecule has 0 amide bonds. The second-order valence-electron chi connectivity index (χ2n) is 5.13. The van der Waals surface area contributed by atoms with Crippen LogP contribution in [0.15, 0.2) is 30.9 Å². The Morgan fingerprint density at radius 2 is 2.14 bits per heavy atom. The van der Waals surface area contributed by atoms with Crippen LogP contribution in [0.4, 0.5) is 0 Å². The Kier molecular flexibility index (Phi) is 8.74. The third-order valence-electron chi connectivity index (χ3n) is 3.03. The Bertz CT molecular complexity index is 420. The molecule has 1 unspecified atom stereocenters. The first kappa shape index (κ1) is 17.7. The van der Waals surface area contributed by atoms with E-state index in [1.54, 1.807) is 0 Å². The van der Waals surface area contributed by atoms with Gasteiger partial charge in [0.1, 0.15) is 18.5 Å². The van der Waals surface area contributed by atoms with Gasteiger partial charge in [0.05, 0.1) is 13.2 Å². The summed E-state index contributed by atoms with van der Waals surface area (Å²) in [5.74, 6) is 0.826. The van der Waals surface area contributed by atoms with Gasteiger partial charge in [0.2, 0.25) is 0 Å². The lowest BCUT2D eigenvalue weighted by Gasteiger charge is -2.15. The Morgan fingerprint density at radius 1 is 1.33 bits per heavy atom. The maximum absolute atomic E-state index is 9.86. The van der Waals surface area contributed by atoms with E-state index in [0.717, 1.165) is 24.3 Å². The lowest BCUT2D eigenvalue weighted by atomic mass is 10.1. The van der Waals surface area contributed by atoms with Crippen molar-refractivity contribution in [3.8, 4) is 5.75 Å². The molecule has 1 aromatic carbocycles. The van der Waals surface area contributed by atoms with Gasteiger partial charge < -0.3 is 19.9 Å². The molecule has 1 rings (SSSR count). The van der Waals surface area contributed by atoms with Crippen LogP contribution in [0.25, 0.3) is 0 Å². The maximum atomic E-state index is 9.86. The number of hydrogen-bond donors (Lipinski definition) is 2. The summed E-state index contributed by atoms with van der Waals surface area (Å²) in [7, 11) is 0. The van der Waals surface area contributed by atoms with Gasteiger partial charge in [0, 0.05) is 13.1 Å². The van der Waals surface area contributed by atoms with Crippen LogP contribution in [0.5, 0.6) is 5.75 Å². The molecule has 0 spiro atoms. The predicted octanol–water partition coefficient (Wildman–Crippen LogP) is 2.23. The lowest BCUT2D eigenvalue weighted by Crippen LogP contribution is -2.33. The molecule has 2 N–H and O–H groups in total. The molecule has 0 radical (unpaired) electrons. The lowest BCUT2D eigenvalue weighted by molar-refractivity contribution is 0.0990. The monoisotopic (exact) mass is 293 g/mol. The SMILES string of the molecule is C=CCCOCCNCC(O)COc1ccc(C)cc1C. The van der Waals surface area contributed by atoms with Crippen molar-refractivity contribution in [2.45, 2.75) is 26.4 Å². The molecule has 0 fully saturated rings. The normalized spacial score (nSPS) is 12.1. The zero-order valence-electron chi connectivity index (χ0n) is 13.1. The molecule has 0 aliphatic carbocycles. The molecule has 4 heteroatoms. The smallest absolute Gasteiger partial charge is 0.122 e.